The molecule has 2 rings (SSSR count). The molecule has 11 heavy (non-hydrogen) atoms. The van der Waals surface area contributed by atoms with E-state index in [1.807, 2.05) is 36.7 Å². The molecular weight excluding hydrogens is 138 g/mol. The van der Waals surface area contributed by atoms with Crippen LogP contribution < -0.4 is 0 Å². The Morgan fingerprint density at radius 3 is 2.82 bits per heavy atom. The fourth-order valence-electron chi connectivity index (χ4n) is 1.15. The molecule has 0 aliphatic rings. The van der Waals surface area contributed by atoms with Crippen LogP contribution in [0.25, 0.3) is 5.52 Å². The molecule has 0 spiro atoms. The lowest BCUT2D eigenvalue weighted by Gasteiger charge is -1.95. The summed E-state index contributed by atoms with van der Waals surface area (Å²) in [6, 6.07) is 9.37. The molecule has 0 unspecified atom stereocenters. The lowest BCUT2D eigenvalue weighted by Crippen LogP contribution is -1.91. The average molecular weight is 144 g/mol. The SMILES string of the molecule is O=[C]c1cccc2cccn12. The van der Waals surface area contributed by atoms with Gasteiger partial charge in [0.15, 0.2) is 0 Å². The van der Waals surface area contributed by atoms with Crippen molar-refractivity contribution in [2.45, 2.75) is 0 Å². The molecule has 0 N–H and O–H groups in total. The first-order valence-electron chi connectivity index (χ1n) is 3.36. The van der Waals surface area contributed by atoms with E-state index in [1.165, 1.54) is 0 Å². The van der Waals surface area contributed by atoms with Crippen molar-refractivity contribution in [1.82, 2.24) is 4.40 Å². The molecule has 2 aromatic heterocycles. The van der Waals surface area contributed by atoms with Crippen LogP contribution in [0.4, 0.5) is 0 Å². The van der Waals surface area contributed by atoms with Crippen LogP contribution in [0.15, 0.2) is 36.5 Å². The molecule has 0 saturated carbocycles. The molecule has 1 radical (unpaired) electrons. The summed E-state index contributed by atoms with van der Waals surface area (Å²) in [4.78, 5) is 10.4. The van der Waals surface area contributed by atoms with Gasteiger partial charge in [0.05, 0.1) is 5.69 Å². The summed E-state index contributed by atoms with van der Waals surface area (Å²) >= 11 is 0. The second-order valence-electron chi connectivity index (χ2n) is 2.32. The van der Waals surface area contributed by atoms with Crippen molar-refractivity contribution in [3.05, 3.63) is 42.2 Å². The summed E-state index contributed by atoms with van der Waals surface area (Å²) in [5.74, 6) is 0. The Balaban J connectivity index is 2.88. The molecule has 0 aliphatic carbocycles. The van der Waals surface area contributed by atoms with Gasteiger partial charge in [-0.1, -0.05) is 6.07 Å². The van der Waals surface area contributed by atoms with Gasteiger partial charge in [0, 0.05) is 11.7 Å². The van der Waals surface area contributed by atoms with Gasteiger partial charge >= 0.3 is 0 Å². The Bertz CT molecular complexity index is 389. The quantitative estimate of drug-likeness (QED) is 0.592. The number of pyridine rings is 1. The van der Waals surface area contributed by atoms with Gasteiger partial charge in [-0.2, -0.15) is 0 Å². The standard InChI is InChI=1S/C9H6NO/c11-7-9-4-1-3-8-5-2-6-10(8)9/h1-6H. The Morgan fingerprint density at radius 1 is 1.18 bits per heavy atom. The Kier molecular flexibility index (Phi) is 1.25. The molecule has 2 heterocycles. The minimum atomic E-state index is 0.563. The average Bonchev–Trinajstić information content (AvgIpc) is 2.50. The van der Waals surface area contributed by atoms with Crippen molar-refractivity contribution in [1.29, 1.82) is 0 Å². The number of carbonyl (C=O) groups excluding carboxylic acids is 1. The zero-order chi connectivity index (χ0) is 7.68. The molecule has 0 amide bonds. The number of fused-ring (bicyclic) bond motifs is 1. The Morgan fingerprint density at radius 2 is 2.00 bits per heavy atom. The second-order valence-corrected chi connectivity index (χ2v) is 2.32. The number of aromatic nitrogens is 1. The van der Waals surface area contributed by atoms with E-state index < -0.39 is 0 Å². The number of nitrogens with zero attached hydrogens (tertiary/aromatic N) is 1. The highest BCUT2D eigenvalue weighted by atomic mass is 16.1. The number of hydrogen-bond donors (Lipinski definition) is 0. The summed E-state index contributed by atoms with van der Waals surface area (Å²) in [6.07, 6.45) is 3.71. The maximum atomic E-state index is 10.4. The summed E-state index contributed by atoms with van der Waals surface area (Å²) < 4.78 is 1.80. The first kappa shape index (κ1) is 6.16. The van der Waals surface area contributed by atoms with Crippen LogP contribution in [0.3, 0.4) is 0 Å². The van der Waals surface area contributed by atoms with Crippen LogP contribution in [0.1, 0.15) is 5.69 Å². The van der Waals surface area contributed by atoms with E-state index in [0.29, 0.717) is 5.69 Å². The first-order valence-corrected chi connectivity index (χ1v) is 3.36. The second kappa shape index (κ2) is 2.23. The largest absolute Gasteiger partial charge is 0.314 e. The van der Waals surface area contributed by atoms with Crippen LogP contribution in [0, 0.1) is 0 Å². The van der Waals surface area contributed by atoms with Gasteiger partial charge in [-0.3, -0.25) is 4.79 Å². The third-order valence-electron chi connectivity index (χ3n) is 1.67. The van der Waals surface area contributed by atoms with E-state index >= 15 is 0 Å². The topological polar surface area (TPSA) is 21.5 Å². The molecule has 0 bridgehead atoms. The lowest BCUT2D eigenvalue weighted by molar-refractivity contribution is 0.561. The monoisotopic (exact) mass is 144 g/mol. The third kappa shape index (κ3) is 0.835. The molecule has 2 heteroatoms. The highest BCUT2D eigenvalue weighted by Crippen LogP contribution is 2.05. The smallest absolute Gasteiger partial charge is 0.251 e. The zero-order valence-corrected chi connectivity index (χ0v) is 5.82. The van der Waals surface area contributed by atoms with E-state index in [0.717, 1.165) is 5.52 Å². The summed E-state index contributed by atoms with van der Waals surface area (Å²) in [5.41, 5.74) is 1.58. The van der Waals surface area contributed by atoms with Crippen LogP contribution in [0.5, 0.6) is 0 Å². The highest BCUT2D eigenvalue weighted by Gasteiger charge is 1.96. The highest BCUT2D eigenvalue weighted by molar-refractivity contribution is 5.74. The Hall–Kier alpha value is -1.57. The van der Waals surface area contributed by atoms with Crippen molar-refractivity contribution in [3.63, 3.8) is 0 Å². The predicted molar refractivity (Wildman–Crippen MR) is 42.2 cm³/mol. The Labute approximate surface area is 64.1 Å². The minimum absolute atomic E-state index is 0.563. The molecule has 2 nitrogen and oxygen atoms in total. The fraction of sp³-hybridized carbons (Fsp3) is 0. The molecule has 0 aliphatic heterocycles. The third-order valence-corrected chi connectivity index (χ3v) is 1.67. The molecule has 0 atom stereocenters. The van der Waals surface area contributed by atoms with E-state index in [4.69, 9.17) is 0 Å². The maximum Gasteiger partial charge on any atom is 0.251 e. The summed E-state index contributed by atoms with van der Waals surface area (Å²) in [7, 11) is 0. The minimum Gasteiger partial charge on any atom is -0.314 e. The van der Waals surface area contributed by atoms with E-state index in [2.05, 4.69) is 0 Å². The van der Waals surface area contributed by atoms with Gasteiger partial charge in [0.25, 0.3) is 6.29 Å². The summed E-state index contributed by atoms with van der Waals surface area (Å²) in [5, 5.41) is 0. The molecule has 0 saturated heterocycles. The van der Waals surface area contributed by atoms with Gasteiger partial charge in [-0.25, -0.2) is 0 Å². The van der Waals surface area contributed by atoms with Crippen molar-refractivity contribution in [3.8, 4) is 0 Å². The van der Waals surface area contributed by atoms with Crippen LogP contribution in [-0.2, 0) is 4.79 Å². The molecular formula is C9H6NO. The number of hydrogen-bond acceptors (Lipinski definition) is 1. The van der Waals surface area contributed by atoms with Crippen molar-refractivity contribution >= 4 is 11.8 Å². The van der Waals surface area contributed by atoms with Gasteiger partial charge in [0.2, 0.25) is 0 Å². The van der Waals surface area contributed by atoms with Gasteiger partial charge in [-0.15, -0.1) is 0 Å². The van der Waals surface area contributed by atoms with Gasteiger partial charge in [-0.05, 0) is 24.3 Å². The van der Waals surface area contributed by atoms with Gasteiger partial charge < -0.3 is 4.40 Å². The van der Waals surface area contributed by atoms with Crippen LogP contribution in [-0.4, -0.2) is 10.7 Å². The van der Waals surface area contributed by atoms with Gasteiger partial charge in [0.1, 0.15) is 0 Å². The van der Waals surface area contributed by atoms with E-state index in [1.54, 1.807) is 10.5 Å². The first-order chi connectivity index (χ1) is 5.42. The van der Waals surface area contributed by atoms with Crippen molar-refractivity contribution in [2.24, 2.45) is 0 Å². The zero-order valence-electron chi connectivity index (χ0n) is 5.82. The lowest BCUT2D eigenvalue weighted by atomic mass is 10.3. The molecule has 2 aromatic rings. The number of rotatable bonds is 1. The molecule has 0 fully saturated rings. The molecule has 0 aromatic carbocycles. The maximum absolute atomic E-state index is 10.4. The predicted octanol–water partition coefficient (Wildman–Crippen LogP) is 1.40. The van der Waals surface area contributed by atoms with Crippen molar-refractivity contribution in [2.75, 3.05) is 0 Å². The van der Waals surface area contributed by atoms with E-state index in [-0.39, 0.29) is 0 Å². The van der Waals surface area contributed by atoms with Crippen LogP contribution >= 0.6 is 0 Å². The van der Waals surface area contributed by atoms with Crippen molar-refractivity contribution < 1.29 is 4.79 Å². The molecule has 53 valence electrons. The van der Waals surface area contributed by atoms with Crippen LogP contribution in [0.2, 0.25) is 0 Å². The van der Waals surface area contributed by atoms with E-state index in [9.17, 15) is 4.79 Å². The fourth-order valence-corrected chi connectivity index (χ4v) is 1.15. The normalized spacial score (nSPS) is 10.2. The summed E-state index contributed by atoms with van der Waals surface area (Å²) in [6.45, 7) is 0.